The molecule has 158 valence electrons. The van der Waals surface area contributed by atoms with E-state index in [0.29, 0.717) is 31.0 Å². The van der Waals surface area contributed by atoms with E-state index >= 15 is 0 Å². The lowest BCUT2D eigenvalue weighted by atomic mass is 9.79. The molecule has 0 saturated heterocycles. The minimum absolute atomic E-state index is 0.128. The highest BCUT2D eigenvalue weighted by Crippen LogP contribution is 2.33. The topological polar surface area (TPSA) is 132 Å². The summed E-state index contributed by atoms with van der Waals surface area (Å²) >= 11 is 0. The molecule has 1 saturated carbocycles. The quantitative estimate of drug-likeness (QED) is 0.334. The number of hydrogen-bond acceptors (Lipinski definition) is 10. The number of ether oxygens (including phenoxy) is 1. The number of methoxy groups -OCH3 is 1. The van der Waals surface area contributed by atoms with Gasteiger partial charge in [-0.25, -0.2) is 9.97 Å². The molecule has 2 heterocycles. The van der Waals surface area contributed by atoms with Crippen LogP contribution in [-0.2, 0) is 4.74 Å². The third-order valence-electron chi connectivity index (χ3n) is 5.71. The molecule has 0 radical (unpaired) electrons. The summed E-state index contributed by atoms with van der Waals surface area (Å²) in [5.41, 5.74) is 6.70. The van der Waals surface area contributed by atoms with Crippen LogP contribution < -0.4 is 21.3 Å². The van der Waals surface area contributed by atoms with Crippen LogP contribution in [0.15, 0.2) is 6.33 Å². The summed E-state index contributed by atoms with van der Waals surface area (Å²) in [7, 11) is 3.88. The number of nitrogens with one attached hydrogen (secondary N) is 2. The molecule has 0 aromatic carbocycles. The normalized spacial score (nSPS) is 22.7. The van der Waals surface area contributed by atoms with E-state index in [1.165, 1.54) is 13.3 Å². The number of nitrogen functional groups attached to an aromatic ring is 1. The van der Waals surface area contributed by atoms with Gasteiger partial charge in [0.1, 0.15) is 12.0 Å². The maximum absolute atomic E-state index is 9.33. The predicted molar refractivity (Wildman–Crippen MR) is 108 cm³/mol. The van der Waals surface area contributed by atoms with Crippen molar-refractivity contribution < 1.29 is 14.9 Å². The lowest BCUT2D eigenvalue weighted by molar-refractivity contribution is -0.172. The van der Waals surface area contributed by atoms with E-state index in [1.807, 2.05) is 0 Å². The van der Waals surface area contributed by atoms with Gasteiger partial charge in [0.2, 0.25) is 5.91 Å². The van der Waals surface area contributed by atoms with Crippen molar-refractivity contribution in [2.45, 2.75) is 44.2 Å². The number of aromatic nitrogens is 2. The highest BCUT2D eigenvalue weighted by molar-refractivity contribution is 5.79. The summed E-state index contributed by atoms with van der Waals surface area (Å²) in [5, 5.41) is 24.6. The molecule has 1 unspecified atom stereocenters. The second-order valence-electron chi connectivity index (χ2n) is 8.03. The van der Waals surface area contributed by atoms with Crippen LogP contribution in [0.1, 0.15) is 26.2 Å². The molecular formula is C18H33N7O3. The smallest absolute Gasteiger partial charge is 0.219 e. The number of likely N-dealkylation sites (N-methyl/N-ethyl adjacent to an activating group) is 1. The average molecular weight is 396 g/mol. The van der Waals surface area contributed by atoms with Gasteiger partial charge >= 0.3 is 0 Å². The van der Waals surface area contributed by atoms with Crippen LogP contribution in [0.5, 0.6) is 0 Å². The van der Waals surface area contributed by atoms with Crippen LogP contribution in [0.3, 0.4) is 0 Å². The Morgan fingerprint density at radius 3 is 2.89 bits per heavy atom. The Morgan fingerprint density at radius 2 is 2.21 bits per heavy atom. The van der Waals surface area contributed by atoms with Gasteiger partial charge in [-0.1, -0.05) is 0 Å². The Kier molecular flexibility index (Phi) is 6.56. The predicted octanol–water partition coefficient (Wildman–Crippen LogP) is -0.388. The third-order valence-corrected chi connectivity index (χ3v) is 5.71. The van der Waals surface area contributed by atoms with E-state index in [0.717, 1.165) is 43.9 Å². The molecular weight excluding hydrogens is 362 g/mol. The van der Waals surface area contributed by atoms with Gasteiger partial charge in [0.15, 0.2) is 11.6 Å². The highest BCUT2D eigenvalue weighted by Gasteiger charge is 2.34. The lowest BCUT2D eigenvalue weighted by Crippen LogP contribution is -2.51. The van der Waals surface area contributed by atoms with Crippen LogP contribution in [-0.4, -0.2) is 83.6 Å². The van der Waals surface area contributed by atoms with Gasteiger partial charge in [0, 0.05) is 39.7 Å². The summed E-state index contributed by atoms with van der Waals surface area (Å²) < 4.78 is 5.71. The van der Waals surface area contributed by atoms with Gasteiger partial charge in [0.05, 0.1) is 12.8 Å². The Morgan fingerprint density at radius 1 is 1.46 bits per heavy atom. The fourth-order valence-corrected chi connectivity index (χ4v) is 3.85. The monoisotopic (exact) mass is 395 g/mol. The zero-order valence-corrected chi connectivity index (χ0v) is 16.9. The number of hydrogen-bond donors (Lipinski definition) is 5. The minimum Gasteiger partial charge on any atom is -0.382 e. The van der Waals surface area contributed by atoms with Crippen molar-refractivity contribution in [2.75, 3.05) is 56.4 Å². The summed E-state index contributed by atoms with van der Waals surface area (Å²) in [5.74, 6) is 0.0120. The second kappa shape index (κ2) is 8.75. The first-order valence-corrected chi connectivity index (χ1v) is 9.79. The Labute approximate surface area is 166 Å². The molecule has 0 bridgehead atoms. The molecule has 2 aliphatic rings. The maximum Gasteiger partial charge on any atom is 0.219 e. The molecule has 1 aromatic heterocycles. The zero-order chi connectivity index (χ0) is 20.3. The van der Waals surface area contributed by atoms with Crippen molar-refractivity contribution in [1.29, 1.82) is 0 Å². The van der Waals surface area contributed by atoms with Crippen molar-refractivity contribution in [3.8, 4) is 0 Å². The van der Waals surface area contributed by atoms with Crippen molar-refractivity contribution in [1.82, 2.24) is 20.2 Å². The maximum atomic E-state index is 9.33. The number of nitrogens with zero attached hydrogens (tertiary/aromatic N) is 4. The minimum atomic E-state index is -1.79. The van der Waals surface area contributed by atoms with Crippen molar-refractivity contribution >= 4 is 17.3 Å². The Balaban J connectivity index is 1.40. The molecule has 1 atom stereocenters. The van der Waals surface area contributed by atoms with Crippen LogP contribution in [0, 0.1) is 5.92 Å². The summed E-state index contributed by atoms with van der Waals surface area (Å²) in [6.07, 6.45) is 4.61. The number of fused-ring (bicyclic) bond motifs is 1. The molecule has 0 amide bonds. The van der Waals surface area contributed by atoms with Gasteiger partial charge < -0.3 is 35.8 Å². The van der Waals surface area contributed by atoms with Gasteiger partial charge in [-0.05, 0) is 32.2 Å². The van der Waals surface area contributed by atoms with E-state index in [4.69, 9.17) is 10.5 Å². The van der Waals surface area contributed by atoms with E-state index < -0.39 is 5.91 Å². The van der Waals surface area contributed by atoms with E-state index in [9.17, 15) is 10.2 Å². The van der Waals surface area contributed by atoms with E-state index in [1.54, 1.807) is 7.11 Å². The molecule has 10 heteroatoms. The van der Waals surface area contributed by atoms with Crippen molar-refractivity contribution in [2.24, 2.45) is 5.92 Å². The fraction of sp³-hybridized carbons (Fsp3) is 0.778. The summed E-state index contributed by atoms with van der Waals surface area (Å²) in [6, 6.07) is 0.509. The molecule has 3 rings (SSSR count). The SMILES string of the molecule is COC(CCN1CNc2c(N)ncnc21)CN(C)C1CC(CNC(C)(O)O)C1. The lowest BCUT2D eigenvalue weighted by Gasteiger charge is -2.43. The highest BCUT2D eigenvalue weighted by atomic mass is 16.5. The van der Waals surface area contributed by atoms with Crippen molar-refractivity contribution in [3.63, 3.8) is 0 Å². The molecule has 10 nitrogen and oxygen atoms in total. The van der Waals surface area contributed by atoms with E-state index in [-0.39, 0.29) is 6.10 Å². The first-order chi connectivity index (χ1) is 13.3. The molecule has 1 aliphatic heterocycles. The Bertz CT molecular complexity index is 649. The third kappa shape index (κ3) is 5.21. The van der Waals surface area contributed by atoms with Crippen LogP contribution in [0.25, 0.3) is 0 Å². The summed E-state index contributed by atoms with van der Waals surface area (Å²) in [6.45, 7) is 4.32. The molecule has 1 fully saturated rings. The number of rotatable bonds is 10. The molecule has 1 aliphatic carbocycles. The average Bonchev–Trinajstić information content (AvgIpc) is 3.00. The van der Waals surface area contributed by atoms with Crippen LogP contribution in [0.2, 0.25) is 0 Å². The van der Waals surface area contributed by atoms with Gasteiger partial charge in [-0.3, -0.25) is 5.32 Å². The van der Waals surface area contributed by atoms with Gasteiger partial charge in [-0.2, -0.15) is 0 Å². The van der Waals surface area contributed by atoms with Gasteiger partial charge in [0.25, 0.3) is 0 Å². The first-order valence-electron chi connectivity index (χ1n) is 9.79. The zero-order valence-electron chi connectivity index (χ0n) is 16.9. The largest absolute Gasteiger partial charge is 0.382 e. The standard InChI is InChI=1S/C18H33N7O3/c1-18(26,27)23-8-12-6-13(7-12)24(2)9-14(28-3)4-5-25-11-22-15-16(19)20-10-21-17(15)25/h10,12-14,22-23,26-27H,4-9,11H2,1-3H3,(H2,19,20,21). The molecule has 0 spiro atoms. The number of nitrogens with two attached hydrogens (primary N) is 1. The van der Waals surface area contributed by atoms with Crippen molar-refractivity contribution in [3.05, 3.63) is 6.33 Å². The van der Waals surface area contributed by atoms with E-state index in [2.05, 4.69) is 37.4 Å². The molecule has 6 N–H and O–H groups in total. The summed E-state index contributed by atoms with van der Waals surface area (Å²) in [4.78, 5) is 12.9. The fourth-order valence-electron chi connectivity index (χ4n) is 3.85. The number of aliphatic hydroxyl groups is 2. The molecule has 1 aromatic rings. The number of anilines is 3. The van der Waals surface area contributed by atoms with Crippen LogP contribution >= 0.6 is 0 Å². The first kappa shape index (κ1) is 21.0. The van der Waals surface area contributed by atoms with Crippen LogP contribution in [0.4, 0.5) is 17.3 Å². The Hall–Kier alpha value is -1.72. The second-order valence-corrected chi connectivity index (χ2v) is 8.03. The van der Waals surface area contributed by atoms with Gasteiger partial charge in [-0.15, -0.1) is 0 Å². The molecule has 28 heavy (non-hydrogen) atoms.